The molecular weight excluding hydrogens is 394 g/mol. The first kappa shape index (κ1) is 29.1. The van der Waals surface area contributed by atoms with E-state index in [-0.39, 0.29) is 46.7 Å². The van der Waals surface area contributed by atoms with E-state index in [1.54, 1.807) is 0 Å². The Morgan fingerprint density at radius 1 is 0.933 bits per heavy atom. The van der Waals surface area contributed by atoms with Gasteiger partial charge in [-0.3, -0.25) is 4.79 Å². The third-order valence-electron chi connectivity index (χ3n) is 5.12. The monoisotopic (exact) mass is 432 g/mol. The van der Waals surface area contributed by atoms with Crippen molar-refractivity contribution >= 4 is 41.3 Å². The van der Waals surface area contributed by atoms with Gasteiger partial charge in [-0.25, -0.2) is 9.18 Å². The number of benzene rings is 1. The molecule has 0 amide bonds. The van der Waals surface area contributed by atoms with Gasteiger partial charge in [0.2, 0.25) is 0 Å². The third-order valence-corrected chi connectivity index (χ3v) is 5.12. The number of unbranched alkanes of at least 4 members (excludes halogenated alkanes) is 9. The molecule has 1 unspecified atom stereocenters. The molecule has 1 N–H and O–H groups in total. The maximum absolute atomic E-state index is 14.4. The Morgan fingerprint density at radius 2 is 1.50 bits per heavy atom. The van der Waals surface area contributed by atoms with Gasteiger partial charge >= 0.3 is 35.5 Å². The van der Waals surface area contributed by atoms with E-state index < -0.39 is 17.9 Å². The van der Waals surface area contributed by atoms with Crippen LogP contribution in [0.1, 0.15) is 108 Å². The first-order valence-electron chi connectivity index (χ1n) is 11.2. The summed E-state index contributed by atoms with van der Waals surface area (Å²) < 4.78 is 19.9. The van der Waals surface area contributed by atoms with E-state index in [1.165, 1.54) is 25.0 Å². The molecule has 0 heterocycles. The van der Waals surface area contributed by atoms with Crippen molar-refractivity contribution in [2.45, 2.75) is 103 Å². The number of rotatable bonds is 17. The van der Waals surface area contributed by atoms with Crippen LogP contribution in [-0.4, -0.2) is 52.5 Å². The molecule has 0 saturated carbocycles. The van der Waals surface area contributed by atoms with Crippen LogP contribution in [0.4, 0.5) is 4.39 Å². The van der Waals surface area contributed by atoms with E-state index in [4.69, 9.17) is 4.74 Å². The van der Waals surface area contributed by atoms with Crippen LogP contribution in [0.3, 0.4) is 0 Å². The fraction of sp³-hybridized carbons (Fsp3) is 0.667. The minimum absolute atomic E-state index is 0. The fourth-order valence-corrected chi connectivity index (χ4v) is 3.33. The van der Waals surface area contributed by atoms with Crippen molar-refractivity contribution in [2.24, 2.45) is 0 Å². The van der Waals surface area contributed by atoms with Crippen LogP contribution < -0.4 is 4.74 Å². The second kappa shape index (κ2) is 17.7. The molecule has 0 aliphatic rings. The van der Waals surface area contributed by atoms with E-state index >= 15 is 0 Å². The zero-order chi connectivity index (χ0) is 21.5. The summed E-state index contributed by atoms with van der Waals surface area (Å²) in [6.07, 6.45) is 11.2. The number of carboxylic acid groups (broad SMARTS) is 1. The molecule has 30 heavy (non-hydrogen) atoms. The van der Waals surface area contributed by atoms with Gasteiger partial charge < -0.3 is 9.84 Å². The van der Waals surface area contributed by atoms with Crippen molar-refractivity contribution in [3.8, 4) is 5.75 Å². The molecule has 0 aliphatic heterocycles. The molecule has 166 valence electrons. The van der Waals surface area contributed by atoms with Crippen LogP contribution in [0.5, 0.6) is 5.75 Å². The number of carbonyl (C=O) groups excluding carboxylic acids is 1. The summed E-state index contributed by atoms with van der Waals surface area (Å²) in [5.74, 6) is -1.76. The van der Waals surface area contributed by atoms with Crippen molar-refractivity contribution in [3.63, 3.8) is 0 Å². The van der Waals surface area contributed by atoms with E-state index in [0.717, 1.165) is 63.9 Å². The SMILES string of the molecule is CCCCCCCCC(Oc1ccc(C(=O)CCCCCCC)c(F)c1)C(=O)O.[NaH]. The molecule has 0 bridgehead atoms. The Kier molecular flexibility index (Phi) is 17.2. The number of hydrogen-bond donors (Lipinski definition) is 1. The molecule has 0 fully saturated rings. The molecule has 1 rings (SSSR count). The molecular formula is C24H38FNaO4. The molecule has 1 aromatic rings. The third kappa shape index (κ3) is 12.1. The molecule has 0 radical (unpaired) electrons. The topological polar surface area (TPSA) is 63.6 Å². The number of ether oxygens (including phenoxy) is 1. The molecule has 6 heteroatoms. The predicted octanol–water partition coefficient (Wildman–Crippen LogP) is 6.30. The first-order chi connectivity index (χ1) is 14.0. The zero-order valence-electron chi connectivity index (χ0n) is 18.1. The summed E-state index contributed by atoms with van der Waals surface area (Å²) in [5.41, 5.74) is 0.0515. The van der Waals surface area contributed by atoms with E-state index in [1.807, 2.05) is 0 Å². The summed E-state index contributed by atoms with van der Waals surface area (Å²) in [6.45, 7) is 4.28. The van der Waals surface area contributed by atoms with Crippen LogP contribution in [-0.2, 0) is 4.79 Å². The summed E-state index contributed by atoms with van der Waals surface area (Å²) in [4.78, 5) is 23.7. The quantitative estimate of drug-likeness (QED) is 0.178. The molecule has 0 saturated heterocycles. The second-order valence-electron chi connectivity index (χ2n) is 7.73. The summed E-state index contributed by atoms with van der Waals surface area (Å²) in [5, 5.41) is 9.37. The van der Waals surface area contributed by atoms with Gasteiger partial charge in [-0.05, 0) is 31.4 Å². The molecule has 1 atom stereocenters. The standard InChI is InChI=1S/C24H37FO4.Na.H/c1-3-5-7-9-11-13-15-23(24(27)28)29-19-16-17-20(21(25)18-19)22(26)14-12-10-8-6-4-2;;/h16-18,23H,3-15H2,1-2H3,(H,27,28);;. The predicted molar refractivity (Wildman–Crippen MR) is 121 cm³/mol. The van der Waals surface area contributed by atoms with Crippen LogP contribution in [0.15, 0.2) is 18.2 Å². The van der Waals surface area contributed by atoms with Crippen molar-refractivity contribution in [1.29, 1.82) is 0 Å². The first-order valence-corrected chi connectivity index (χ1v) is 11.2. The number of ketones is 1. The fourth-order valence-electron chi connectivity index (χ4n) is 3.33. The molecule has 1 aromatic carbocycles. The molecule has 0 aromatic heterocycles. The van der Waals surface area contributed by atoms with Crippen LogP contribution in [0, 0.1) is 5.82 Å². The summed E-state index contributed by atoms with van der Waals surface area (Å²) >= 11 is 0. The number of halogens is 1. The zero-order valence-corrected chi connectivity index (χ0v) is 18.1. The van der Waals surface area contributed by atoms with Gasteiger partial charge in [-0.2, -0.15) is 0 Å². The van der Waals surface area contributed by atoms with Crippen molar-refractivity contribution in [2.75, 3.05) is 0 Å². The molecule has 0 aliphatic carbocycles. The van der Waals surface area contributed by atoms with E-state index in [0.29, 0.717) is 12.8 Å². The number of hydrogen-bond acceptors (Lipinski definition) is 3. The summed E-state index contributed by atoms with van der Waals surface area (Å²) in [7, 11) is 0. The van der Waals surface area contributed by atoms with E-state index in [2.05, 4.69) is 13.8 Å². The number of Topliss-reactive ketones (excluding diaryl/α,β-unsaturated/α-hetero) is 1. The average Bonchev–Trinajstić information content (AvgIpc) is 2.69. The van der Waals surface area contributed by atoms with Crippen LogP contribution in [0.2, 0.25) is 0 Å². The number of carboxylic acids is 1. The van der Waals surface area contributed by atoms with Gasteiger partial charge in [0.15, 0.2) is 11.9 Å². The van der Waals surface area contributed by atoms with Gasteiger partial charge in [0, 0.05) is 12.5 Å². The van der Waals surface area contributed by atoms with Crippen molar-refractivity contribution < 1.29 is 23.8 Å². The molecule has 0 spiro atoms. The Hall–Kier alpha value is -0.910. The average molecular weight is 433 g/mol. The van der Waals surface area contributed by atoms with E-state index in [9.17, 15) is 19.1 Å². The normalized spacial score (nSPS) is 11.6. The Balaban J connectivity index is 0.00000841. The number of carbonyl (C=O) groups is 2. The van der Waals surface area contributed by atoms with Crippen molar-refractivity contribution in [1.82, 2.24) is 0 Å². The van der Waals surface area contributed by atoms with Gasteiger partial charge in [0.1, 0.15) is 11.6 Å². The van der Waals surface area contributed by atoms with Gasteiger partial charge in [0.05, 0.1) is 5.56 Å². The Morgan fingerprint density at radius 3 is 2.07 bits per heavy atom. The van der Waals surface area contributed by atoms with Gasteiger partial charge in [-0.15, -0.1) is 0 Å². The van der Waals surface area contributed by atoms with Gasteiger partial charge in [-0.1, -0.05) is 71.6 Å². The molecule has 4 nitrogen and oxygen atoms in total. The number of aliphatic carboxylic acids is 1. The van der Waals surface area contributed by atoms with Crippen LogP contribution in [0.25, 0.3) is 0 Å². The van der Waals surface area contributed by atoms with Crippen LogP contribution >= 0.6 is 0 Å². The minimum atomic E-state index is -1.05. The van der Waals surface area contributed by atoms with Gasteiger partial charge in [0.25, 0.3) is 0 Å². The Labute approximate surface area is 203 Å². The summed E-state index contributed by atoms with van der Waals surface area (Å²) in [6, 6.07) is 4.02. The van der Waals surface area contributed by atoms with Crippen molar-refractivity contribution in [3.05, 3.63) is 29.6 Å². The Bertz CT molecular complexity index is 621. The second-order valence-corrected chi connectivity index (χ2v) is 7.73. The maximum atomic E-state index is 14.4.